The van der Waals surface area contributed by atoms with Gasteiger partial charge in [-0.2, -0.15) is 21.6 Å². The van der Waals surface area contributed by atoms with Crippen LogP contribution >= 0.6 is 0 Å². The van der Waals surface area contributed by atoms with Gasteiger partial charge in [-0.3, -0.25) is 8.98 Å². The Morgan fingerprint density at radius 2 is 1.52 bits per heavy atom. The third-order valence-electron chi connectivity index (χ3n) is 2.96. The molecule has 0 N–H and O–H groups in total. The first kappa shape index (κ1) is 18.2. The summed E-state index contributed by atoms with van der Waals surface area (Å²) in [6.45, 7) is 5.15. The smallest absolute Gasteiger partial charge is 0.460 e. The van der Waals surface area contributed by atoms with Crippen molar-refractivity contribution >= 4 is 16.1 Å². The van der Waals surface area contributed by atoms with E-state index in [1.807, 2.05) is 0 Å². The highest BCUT2D eigenvalue weighted by molar-refractivity contribution is 7.87. The summed E-state index contributed by atoms with van der Waals surface area (Å²) in [7, 11) is -5.58. The zero-order valence-electron chi connectivity index (χ0n) is 12.1. The molecule has 0 spiro atoms. The van der Waals surface area contributed by atoms with Crippen LogP contribution in [0.25, 0.3) is 0 Å². The summed E-state index contributed by atoms with van der Waals surface area (Å²) in [6, 6.07) is 0. The molecule has 0 saturated heterocycles. The topological polar surface area (TPSA) is 69.7 Å². The van der Waals surface area contributed by atoms with Crippen molar-refractivity contribution in [2.75, 3.05) is 0 Å². The monoisotopic (exact) mass is 332 g/mol. The summed E-state index contributed by atoms with van der Waals surface area (Å²) in [5.41, 5.74) is -6.06. The van der Waals surface area contributed by atoms with E-state index in [-0.39, 0.29) is 25.7 Å². The molecule has 21 heavy (non-hydrogen) atoms. The lowest BCUT2D eigenvalue weighted by atomic mass is 9.87. The lowest BCUT2D eigenvalue weighted by Crippen LogP contribution is -2.35. The van der Waals surface area contributed by atoms with Crippen molar-refractivity contribution in [3.63, 3.8) is 0 Å². The van der Waals surface area contributed by atoms with Crippen LogP contribution in [-0.4, -0.2) is 31.6 Å². The fourth-order valence-electron chi connectivity index (χ4n) is 2.01. The molecule has 1 fully saturated rings. The van der Waals surface area contributed by atoms with Crippen molar-refractivity contribution in [3.05, 3.63) is 0 Å². The molecular formula is C12H19F3O5S. The Morgan fingerprint density at radius 1 is 1.05 bits per heavy atom. The summed E-state index contributed by atoms with van der Waals surface area (Å²) >= 11 is 0. The van der Waals surface area contributed by atoms with E-state index in [1.165, 1.54) is 0 Å². The Labute approximate surface area is 121 Å². The summed E-state index contributed by atoms with van der Waals surface area (Å²) in [6.07, 6.45) is -0.423. The number of hydrogen-bond donors (Lipinski definition) is 0. The van der Waals surface area contributed by atoms with Crippen LogP contribution in [0.5, 0.6) is 0 Å². The molecule has 9 heteroatoms. The third-order valence-corrected chi connectivity index (χ3v) is 4.05. The number of alkyl halides is 3. The predicted molar refractivity (Wildman–Crippen MR) is 67.7 cm³/mol. The molecule has 0 aromatic rings. The Morgan fingerprint density at radius 3 is 1.90 bits per heavy atom. The van der Waals surface area contributed by atoms with E-state index in [0.29, 0.717) is 0 Å². The molecule has 1 aliphatic carbocycles. The van der Waals surface area contributed by atoms with Gasteiger partial charge in [0, 0.05) is 0 Å². The molecule has 0 aliphatic heterocycles. The second-order valence-corrected chi connectivity index (χ2v) is 7.57. The van der Waals surface area contributed by atoms with Crippen LogP contribution in [0.4, 0.5) is 13.2 Å². The van der Waals surface area contributed by atoms with Gasteiger partial charge in [0.2, 0.25) is 0 Å². The van der Waals surface area contributed by atoms with Crippen LogP contribution in [0.2, 0.25) is 0 Å². The average molecular weight is 332 g/mol. The fraction of sp³-hybridized carbons (Fsp3) is 0.917. The van der Waals surface area contributed by atoms with E-state index in [2.05, 4.69) is 4.18 Å². The van der Waals surface area contributed by atoms with Gasteiger partial charge in [0.15, 0.2) is 0 Å². The minimum atomic E-state index is -5.58. The van der Waals surface area contributed by atoms with E-state index < -0.39 is 39.2 Å². The van der Waals surface area contributed by atoms with Gasteiger partial charge in [0.1, 0.15) is 5.60 Å². The molecule has 5 nitrogen and oxygen atoms in total. The number of carbonyl (C=O) groups excluding carboxylic acids is 1. The van der Waals surface area contributed by atoms with Crippen molar-refractivity contribution < 1.29 is 35.3 Å². The van der Waals surface area contributed by atoms with Crippen LogP contribution in [0.3, 0.4) is 0 Å². The molecule has 0 aromatic carbocycles. The number of halogens is 3. The zero-order chi connectivity index (χ0) is 16.5. The molecule has 0 radical (unpaired) electrons. The summed E-state index contributed by atoms with van der Waals surface area (Å²) in [5, 5.41) is 0. The van der Waals surface area contributed by atoms with Crippen molar-refractivity contribution in [1.29, 1.82) is 0 Å². The van der Waals surface area contributed by atoms with Gasteiger partial charge in [-0.1, -0.05) is 0 Å². The van der Waals surface area contributed by atoms with Gasteiger partial charge in [-0.25, -0.2) is 0 Å². The first-order valence-electron chi connectivity index (χ1n) is 6.54. The molecule has 124 valence electrons. The predicted octanol–water partition coefficient (Wildman–Crippen LogP) is 2.75. The summed E-state index contributed by atoms with van der Waals surface area (Å²) in [5.74, 6) is -0.850. The van der Waals surface area contributed by atoms with E-state index >= 15 is 0 Å². The van der Waals surface area contributed by atoms with Crippen molar-refractivity contribution in [3.8, 4) is 0 Å². The highest BCUT2D eigenvalue weighted by Gasteiger charge is 2.49. The summed E-state index contributed by atoms with van der Waals surface area (Å²) < 4.78 is 67.7. The first-order valence-corrected chi connectivity index (χ1v) is 7.95. The highest BCUT2D eigenvalue weighted by Crippen LogP contribution is 2.32. The standard InChI is InChI=1S/C12H19F3O5S/c1-11(2,3)19-10(16)8-4-6-9(7-5-8)20-21(17,18)12(13,14)15/h8-9H,4-7H2,1-3H3. The third kappa shape index (κ3) is 5.46. The van der Waals surface area contributed by atoms with Gasteiger partial charge in [-0.05, 0) is 46.5 Å². The maximum absolute atomic E-state index is 12.2. The lowest BCUT2D eigenvalue weighted by Gasteiger charge is -2.29. The molecule has 0 heterocycles. The van der Waals surface area contributed by atoms with Crippen LogP contribution in [-0.2, 0) is 23.8 Å². The first-order chi connectivity index (χ1) is 9.32. The quantitative estimate of drug-likeness (QED) is 0.451. The van der Waals surface area contributed by atoms with E-state index in [4.69, 9.17) is 4.74 Å². The molecular weight excluding hydrogens is 313 g/mol. The number of esters is 1. The van der Waals surface area contributed by atoms with Gasteiger partial charge in [0.05, 0.1) is 12.0 Å². The Hall–Kier alpha value is -0.830. The van der Waals surface area contributed by atoms with Gasteiger partial charge in [-0.15, -0.1) is 0 Å². The van der Waals surface area contributed by atoms with E-state index in [0.717, 1.165) is 0 Å². The average Bonchev–Trinajstić information content (AvgIpc) is 2.25. The molecule has 0 atom stereocenters. The number of rotatable bonds is 3. The second-order valence-electron chi connectivity index (χ2n) is 6.00. The minimum Gasteiger partial charge on any atom is -0.460 e. The molecule has 1 rings (SSSR count). The van der Waals surface area contributed by atoms with Crippen LogP contribution in [0, 0.1) is 5.92 Å². The highest BCUT2D eigenvalue weighted by atomic mass is 32.2. The molecule has 0 bridgehead atoms. The Kier molecular flexibility index (Phi) is 5.31. The van der Waals surface area contributed by atoms with Gasteiger partial charge < -0.3 is 4.74 Å². The van der Waals surface area contributed by atoms with Gasteiger partial charge in [0.25, 0.3) is 0 Å². The fourth-order valence-corrected chi connectivity index (χ4v) is 2.67. The zero-order valence-corrected chi connectivity index (χ0v) is 12.9. The Balaban J connectivity index is 2.52. The van der Waals surface area contributed by atoms with Crippen LogP contribution in [0.1, 0.15) is 46.5 Å². The summed E-state index contributed by atoms with van der Waals surface area (Å²) in [4.78, 5) is 11.8. The molecule has 0 unspecified atom stereocenters. The number of ether oxygens (including phenoxy) is 1. The van der Waals surface area contributed by atoms with E-state index in [1.54, 1.807) is 20.8 Å². The lowest BCUT2D eigenvalue weighted by molar-refractivity contribution is -0.161. The maximum Gasteiger partial charge on any atom is 0.523 e. The molecule has 1 aliphatic rings. The van der Waals surface area contributed by atoms with Crippen molar-refractivity contribution in [2.24, 2.45) is 5.92 Å². The number of hydrogen-bond acceptors (Lipinski definition) is 5. The molecule has 1 saturated carbocycles. The van der Waals surface area contributed by atoms with E-state index in [9.17, 15) is 26.4 Å². The normalized spacial score (nSPS) is 24.7. The SMILES string of the molecule is CC(C)(C)OC(=O)C1CCC(OS(=O)(=O)C(F)(F)F)CC1. The van der Waals surface area contributed by atoms with Crippen LogP contribution in [0.15, 0.2) is 0 Å². The van der Waals surface area contributed by atoms with Crippen molar-refractivity contribution in [2.45, 2.75) is 63.7 Å². The molecule has 0 aromatic heterocycles. The van der Waals surface area contributed by atoms with Gasteiger partial charge >= 0.3 is 21.6 Å². The van der Waals surface area contributed by atoms with Crippen LogP contribution < -0.4 is 0 Å². The molecule has 0 amide bonds. The van der Waals surface area contributed by atoms with Crippen molar-refractivity contribution in [1.82, 2.24) is 0 Å². The minimum absolute atomic E-state index is 0.0687. The largest absolute Gasteiger partial charge is 0.523 e. The Bertz CT molecular complexity index is 470. The number of carbonyl (C=O) groups is 1. The second kappa shape index (κ2) is 6.12. The maximum atomic E-state index is 12.2.